The topological polar surface area (TPSA) is 67.6 Å². The molecule has 1 atom stereocenters. The summed E-state index contributed by atoms with van der Waals surface area (Å²) in [7, 11) is 0. The summed E-state index contributed by atoms with van der Waals surface area (Å²) in [6, 6.07) is 9.62. The van der Waals surface area contributed by atoms with Crippen molar-refractivity contribution < 1.29 is 9.53 Å². The zero-order valence-electron chi connectivity index (χ0n) is 10.5. The fraction of sp³-hybridized carbons (Fsp3) is 0.385. The van der Waals surface area contributed by atoms with E-state index >= 15 is 0 Å². The van der Waals surface area contributed by atoms with Gasteiger partial charge in [-0.15, -0.1) is 0 Å². The van der Waals surface area contributed by atoms with Crippen LogP contribution in [0.15, 0.2) is 30.3 Å². The summed E-state index contributed by atoms with van der Waals surface area (Å²) < 4.78 is 5.15. The van der Waals surface area contributed by atoms with Gasteiger partial charge in [-0.2, -0.15) is 0 Å². The molecule has 1 aliphatic heterocycles. The van der Waals surface area contributed by atoms with Gasteiger partial charge in [0.1, 0.15) is 6.61 Å². The Balaban J connectivity index is 1.72. The molecule has 0 spiro atoms. The van der Waals surface area contributed by atoms with Crippen LogP contribution < -0.4 is 11.1 Å². The van der Waals surface area contributed by atoms with E-state index < -0.39 is 6.09 Å². The summed E-state index contributed by atoms with van der Waals surface area (Å²) in [6.45, 7) is 1.70. The minimum absolute atomic E-state index is 0.0461. The number of carbonyl (C=O) groups is 1. The number of rotatable bonds is 3. The minimum Gasteiger partial charge on any atom is -0.445 e. The molecule has 0 aromatic heterocycles. The summed E-state index contributed by atoms with van der Waals surface area (Å²) >= 11 is 4.90. The Morgan fingerprint density at radius 1 is 1.47 bits per heavy atom. The molecule has 1 amide bonds. The number of hydrogen-bond acceptors (Lipinski definition) is 3. The predicted molar refractivity (Wildman–Crippen MR) is 76.5 cm³/mol. The molecule has 1 aromatic rings. The van der Waals surface area contributed by atoms with Crippen LogP contribution in [0, 0.1) is 0 Å². The molecule has 0 unspecified atom stereocenters. The maximum Gasteiger partial charge on any atom is 0.407 e. The second-order valence-electron chi connectivity index (χ2n) is 4.48. The van der Waals surface area contributed by atoms with Gasteiger partial charge in [0.25, 0.3) is 0 Å². The Kier molecular flexibility index (Phi) is 4.57. The minimum atomic E-state index is -0.404. The quantitative estimate of drug-likeness (QED) is 0.815. The van der Waals surface area contributed by atoms with Gasteiger partial charge in [0.05, 0.1) is 6.04 Å². The van der Waals surface area contributed by atoms with Crippen LogP contribution in [0.2, 0.25) is 0 Å². The highest BCUT2D eigenvalue weighted by Gasteiger charge is 2.24. The van der Waals surface area contributed by atoms with Crippen molar-refractivity contribution in [2.75, 3.05) is 13.1 Å². The van der Waals surface area contributed by atoms with E-state index in [2.05, 4.69) is 5.32 Å². The first-order valence-corrected chi connectivity index (χ1v) is 6.57. The maximum absolute atomic E-state index is 11.6. The summed E-state index contributed by atoms with van der Waals surface area (Å²) in [5, 5.41) is 3.19. The fourth-order valence-corrected chi connectivity index (χ4v) is 2.18. The van der Waals surface area contributed by atoms with Crippen molar-refractivity contribution in [1.82, 2.24) is 10.2 Å². The van der Waals surface area contributed by atoms with Crippen LogP contribution in [0.3, 0.4) is 0 Å². The van der Waals surface area contributed by atoms with Crippen molar-refractivity contribution in [3.8, 4) is 0 Å². The van der Waals surface area contributed by atoms with E-state index in [9.17, 15) is 4.79 Å². The van der Waals surface area contributed by atoms with Crippen LogP contribution in [0.25, 0.3) is 0 Å². The van der Waals surface area contributed by atoms with Gasteiger partial charge in [-0.05, 0) is 24.2 Å². The van der Waals surface area contributed by atoms with Gasteiger partial charge in [-0.1, -0.05) is 30.3 Å². The first-order chi connectivity index (χ1) is 9.15. The third-order valence-corrected chi connectivity index (χ3v) is 3.29. The molecule has 3 N–H and O–H groups in total. The summed E-state index contributed by atoms with van der Waals surface area (Å²) in [4.78, 5) is 13.5. The SMILES string of the molecule is NC(=S)N1CC[C@@H](NC(=O)OCc2ccccc2)C1. The van der Waals surface area contributed by atoms with Crippen LogP contribution in [0.5, 0.6) is 0 Å². The van der Waals surface area contributed by atoms with Crippen molar-refractivity contribution in [2.45, 2.75) is 19.1 Å². The summed E-state index contributed by atoms with van der Waals surface area (Å²) in [6.07, 6.45) is 0.427. The van der Waals surface area contributed by atoms with Gasteiger partial charge in [0, 0.05) is 13.1 Å². The van der Waals surface area contributed by atoms with E-state index in [1.54, 1.807) is 0 Å². The number of carbonyl (C=O) groups excluding carboxylic acids is 1. The average molecular weight is 279 g/mol. The number of hydrogen-bond donors (Lipinski definition) is 2. The van der Waals surface area contributed by atoms with Crippen molar-refractivity contribution in [2.24, 2.45) is 5.73 Å². The third kappa shape index (κ3) is 4.10. The van der Waals surface area contributed by atoms with E-state index in [4.69, 9.17) is 22.7 Å². The first-order valence-electron chi connectivity index (χ1n) is 6.17. The van der Waals surface area contributed by atoms with Crippen molar-refractivity contribution in [3.63, 3.8) is 0 Å². The maximum atomic E-state index is 11.6. The molecule has 6 heteroatoms. The molecule has 102 valence electrons. The second-order valence-corrected chi connectivity index (χ2v) is 4.89. The van der Waals surface area contributed by atoms with Crippen molar-refractivity contribution >= 4 is 23.4 Å². The van der Waals surface area contributed by atoms with E-state index in [1.807, 2.05) is 35.2 Å². The van der Waals surface area contributed by atoms with E-state index in [0.29, 0.717) is 11.7 Å². The third-order valence-electron chi connectivity index (χ3n) is 3.03. The van der Waals surface area contributed by atoms with Gasteiger partial charge >= 0.3 is 6.09 Å². The number of likely N-dealkylation sites (tertiary alicyclic amines) is 1. The molecule has 1 aliphatic rings. The van der Waals surface area contributed by atoms with E-state index in [1.165, 1.54) is 0 Å². The van der Waals surface area contributed by atoms with Crippen molar-refractivity contribution in [1.29, 1.82) is 0 Å². The smallest absolute Gasteiger partial charge is 0.407 e. The van der Waals surface area contributed by atoms with Crippen LogP contribution in [0.4, 0.5) is 4.79 Å². The number of nitrogens with zero attached hydrogens (tertiary/aromatic N) is 1. The summed E-state index contributed by atoms with van der Waals surface area (Å²) in [5.41, 5.74) is 6.51. The fourth-order valence-electron chi connectivity index (χ4n) is 2.01. The average Bonchev–Trinajstić information content (AvgIpc) is 2.86. The Labute approximate surface area is 117 Å². The highest BCUT2D eigenvalue weighted by Crippen LogP contribution is 2.09. The molecule has 0 aliphatic carbocycles. The molecule has 1 fully saturated rings. The number of ether oxygens (including phenoxy) is 1. The van der Waals surface area contributed by atoms with E-state index in [0.717, 1.165) is 18.5 Å². The number of alkyl carbamates (subject to hydrolysis) is 1. The lowest BCUT2D eigenvalue weighted by Crippen LogP contribution is -2.40. The molecule has 19 heavy (non-hydrogen) atoms. The molecule has 0 saturated carbocycles. The second kappa shape index (κ2) is 6.38. The molecule has 5 nitrogen and oxygen atoms in total. The Morgan fingerprint density at radius 3 is 2.84 bits per heavy atom. The van der Waals surface area contributed by atoms with Crippen LogP contribution in [0.1, 0.15) is 12.0 Å². The van der Waals surface area contributed by atoms with Crippen LogP contribution in [-0.4, -0.2) is 35.2 Å². The Hall–Kier alpha value is -1.82. The van der Waals surface area contributed by atoms with Crippen LogP contribution in [-0.2, 0) is 11.3 Å². The largest absolute Gasteiger partial charge is 0.445 e. The molecule has 0 bridgehead atoms. The molecule has 1 saturated heterocycles. The predicted octanol–water partition coefficient (Wildman–Crippen LogP) is 1.23. The van der Waals surface area contributed by atoms with Crippen LogP contribution >= 0.6 is 12.2 Å². The molecular formula is C13H17N3O2S. The van der Waals surface area contributed by atoms with E-state index in [-0.39, 0.29) is 12.6 Å². The normalized spacial score (nSPS) is 18.1. The lowest BCUT2D eigenvalue weighted by Gasteiger charge is -2.16. The number of nitrogens with two attached hydrogens (primary N) is 1. The number of nitrogens with one attached hydrogen (secondary N) is 1. The lowest BCUT2D eigenvalue weighted by atomic mass is 10.2. The highest BCUT2D eigenvalue weighted by molar-refractivity contribution is 7.80. The number of amides is 1. The molecule has 2 rings (SSSR count). The first kappa shape index (κ1) is 13.6. The highest BCUT2D eigenvalue weighted by atomic mass is 32.1. The van der Waals surface area contributed by atoms with Crippen molar-refractivity contribution in [3.05, 3.63) is 35.9 Å². The van der Waals surface area contributed by atoms with Gasteiger partial charge in [-0.3, -0.25) is 0 Å². The molecular weight excluding hydrogens is 262 g/mol. The number of thiocarbonyl (C=S) groups is 1. The standard InChI is InChI=1S/C13H17N3O2S/c14-12(19)16-7-6-11(8-16)15-13(17)18-9-10-4-2-1-3-5-10/h1-5,11H,6-9H2,(H2,14,19)(H,15,17)/t11-/m1/s1. The lowest BCUT2D eigenvalue weighted by molar-refractivity contribution is 0.136. The molecule has 1 heterocycles. The van der Waals surface area contributed by atoms with Gasteiger partial charge in [0.2, 0.25) is 0 Å². The van der Waals surface area contributed by atoms with Gasteiger partial charge < -0.3 is 20.7 Å². The molecule has 0 radical (unpaired) electrons. The zero-order chi connectivity index (χ0) is 13.7. The monoisotopic (exact) mass is 279 g/mol. The molecule has 1 aromatic carbocycles. The number of benzene rings is 1. The summed E-state index contributed by atoms with van der Waals surface area (Å²) in [5.74, 6) is 0. The Bertz CT molecular complexity index is 452. The Morgan fingerprint density at radius 2 is 2.21 bits per heavy atom. The van der Waals surface area contributed by atoms with Gasteiger partial charge in [-0.25, -0.2) is 4.79 Å². The van der Waals surface area contributed by atoms with Gasteiger partial charge in [0.15, 0.2) is 5.11 Å². The zero-order valence-corrected chi connectivity index (χ0v) is 11.4.